The first-order valence-corrected chi connectivity index (χ1v) is 6.40. The van der Waals surface area contributed by atoms with Gasteiger partial charge in [-0.1, -0.05) is 0 Å². The molecular weight excluding hydrogens is 340 g/mol. The van der Waals surface area contributed by atoms with Crippen LogP contribution in [0.25, 0.3) is 0 Å². The van der Waals surface area contributed by atoms with Crippen molar-refractivity contribution in [1.29, 1.82) is 0 Å². The zero-order valence-electron chi connectivity index (χ0n) is 11.4. The Hall–Kier alpha value is -2.64. The standard InChI is InChI=1S/C6H10N10O8/c17-13(18)3-1-2-4(14(19)20)6(16(23)24)8-12(2)10-9-11(1)7-5(3)15(21)22/h1-10H. The molecule has 3 heterocycles. The maximum atomic E-state index is 11.3. The van der Waals surface area contributed by atoms with Crippen molar-refractivity contribution in [1.82, 2.24) is 32.2 Å². The first-order chi connectivity index (χ1) is 11.2. The van der Waals surface area contributed by atoms with Crippen LogP contribution in [0.5, 0.6) is 0 Å². The van der Waals surface area contributed by atoms with Crippen molar-refractivity contribution in [2.45, 2.75) is 36.5 Å². The molecule has 6 atom stereocenters. The molecular formula is C6H10N10O8. The number of nitrogens with zero attached hydrogens (tertiary/aromatic N) is 6. The second kappa shape index (κ2) is 5.47. The fourth-order valence-corrected chi connectivity index (χ4v) is 3.14. The molecule has 18 nitrogen and oxygen atoms in total. The molecule has 0 saturated carbocycles. The third kappa shape index (κ3) is 2.21. The minimum atomic E-state index is -1.88. The van der Waals surface area contributed by atoms with Crippen molar-refractivity contribution in [3.63, 3.8) is 0 Å². The maximum absolute atomic E-state index is 11.3. The van der Waals surface area contributed by atoms with Gasteiger partial charge in [-0.3, -0.25) is 40.5 Å². The molecule has 18 heteroatoms. The molecule has 3 fully saturated rings. The molecule has 3 aliphatic rings. The Morgan fingerprint density at radius 1 is 0.625 bits per heavy atom. The van der Waals surface area contributed by atoms with Crippen molar-refractivity contribution in [2.24, 2.45) is 0 Å². The third-order valence-electron chi connectivity index (χ3n) is 4.07. The fourth-order valence-electron chi connectivity index (χ4n) is 3.14. The number of hydrazine groups is 5. The Kier molecular flexibility index (Phi) is 3.70. The normalized spacial score (nSPS) is 39.2. The Balaban J connectivity index is 2.02. The van der Waals surface area contributed by atoms with Gasteiger partial charge in [0.05, 0.1) is 0 Å². The maximum Gasteiger partial charge on any atom is 0.347 e. The van der Waals surface area contributed by atoms with Gasteiger partial charge in [-0.25, -0.2) is 0 Å². The molecule has 0 aromatic heterocycles. The van der Waals surface area contributed by atoms with E-state index < -0.39 is 56.2 Å². The number of hydrogen-bond acceptors (Lipinski definition) is 14. The van der Waals surface area contributed by atoms with E-state index in [9.17, 15) is 40.5 Å². The molecule has 132 valence electrons. The molecule has 0 amide bonds. The van der Waals surface area contributed by atoms with E-state index in [2.05, 4.69) is 21.9 Å². The molecule has 6 unspecified atom stereocenters. The Labute approximate surface area is 130 Å². The van der Waals surface area contributed by atoms with Gasteiger partial charge in [0.2, 0.25) is 0 Å². The molecule has 3 saturated heterocycles. The first kappa shape index (κ1) is 16.2. The summed E-state index contributed by atoms with van der Waals surface area (Å²) < 4.78 is 0. The summed E-state index contributed by atoms with van der Waals surface area (Å²) in [7, 11) is 0. The van der Waals surface area contributed by atoms with Gasteiger partial charge in [-0.15, -0.1) is 10.2 Å². The van der Waals surface area contributed by atoms with Crippen LogP contribution in [0.3, 0.4) is 0 Å². The van der Waals surface area contributed by atoms with Crippen LogP contribution in [0.2, 0.25) is 0 Å². The molecule has 0 bridgehead atoms. The molecule has 0 aliphatic carbocycles. The highest BCUT2D eigenvalue weighted by Gasteiger charge is 2.71. The van der Waals surface area contributed by atoms with Crippen molar-refractivity contribution < 1.29 is 19.7 Å². The van der Waals surface area contributed by atoms with Crippen LogP contribution in [0, 0.1) is 40.5 Å². The highest BCUT2D eigenvalue weighted by molar-refractivity contribution is 5.03. The van der Waals surface area contributed by atoms with E-state index in [0.717, 1.165) is 10.2 Å². The van der Waals surface area contributed by atoms with E-state index in [1.807, 2.05) is 0 Å². The van der Waals surface area contributed by atoms with Crippen LogP contribution in [-0.2, 0) is 0 Å². The highest BCUT2D eigenvalue weighted by atomic mass is 16.7. The van der Waals surface area contributed by atoms with Gasteiger partial charge in [-0.05, 0) is 0 Å². The summed E-state index contributed by atoms with van der Waals surface area (Å²) in [6.07, 6.45) is -3.72. The molecule has 3 aliphatic heterocycles. The summed E-state index contributed by atoms with van der Waals surface area (Å²) in [4.78, 5) is 40.9. The van der Waals surface area contributed by atoms with Gasteiger partial charge < -0.3 is 0 Å². The van der Waals surface area contributed by atoms with E-state index in [1.54, 1.807) is 0 Å². The summed E-state index contributed by atoms with van der Waals surface area (Å²) in [6, 6.07) is -6.61. The number of nitro groups is 4. The van der Waals surface area contributed by atoms with Crippen LogP contribution in [-0.4, -0.2) is 66.4 Å². The molecule has 3 rings (SSSR count). The molecule has 24 heavy (non-hydrogen) atoms. The van der Waals surface area contributed by atoms with Crippen molar-refractivity contribution in [3.05, 3.63) is 40.5 Å². The molecule has 4 N–H and O–H groups in total. The molecule has 0 aromatic rings. The highest BCUT2D eigenvalue weighted by Crippen LogP contribution is 2.31. The predicted octanol–water partition coefficient (Wildman–Crippen LogP) is -4.20. The molecule has 0 spiro atoms. The average molecular weight is 350 g/mol. The van der Waals surface area contributed by atoms with Gasteiger partial charge in [0.1, 0.15) is 12.1 Å². The quantitative estimate of drug-likeness (QED) is 0.278. The van der Waals surface area contributed by atoms with E-state index in [0.29, 0.717) is 0 Å². The number of fused-ring (bicyclic) bond motifs is 3. The summed E-state index contributed by atoms with van der Waals surface area (Å²) in [5, 5.41) is 46.4. The lowest BCUT2D eigenvalue weighted by Gasteiger charge is -2.38. The van der Waals surface area contributed by atoms with Crippen LogP contribution < -0.4 is 21.9 Å². The van der Waals surface area contributed by atoms with Crippen LogP contribution >= 0.6 is 0 Å². The summed E-state index contributed by atoms with van der Waals surface area (Å²) in [5.41, 5.74) is 9.07. The zero-order valence-corrected chi connectivity index (χ0v) is 11.4. The van der Waals surface area contributed by atoms with Crippen LogP contribution in [0.4, 0.5) is 0 Å². The van der Waals surface area contributed by atoms with E-state index >= 15 is 0 Å². The van der Waals surface area contributed by atoms with E-state index in [4.69, 9.17) is 0 Å². The van der Waals surface area contributed by atoms with Crippen molar-refractivity contribution >= 4 is 0 Å². The van der Waals surface area contributed by atoms with E-state index in [1.165, 1.54) is 0 Å². The van der Waals surface area contributed by atoms with Gasteiger partial charge >= 0.3 is 24.4 Å². The first-order valence-electron chi connectivity index (χ1n) is 6.40. The Morgan fingerprint density at radius 2 is 0.958 bits per heavy atom. The number of nitrogens with one attached hydrogen (secondary N) is 4. The van der Waals surface area contributed by atoms with Crippen LogP contribution in [0.1, 0.15) is 0 Å². The third-order valence-corrected chi connectivity index (χ3v) is 4.07. The van der Waals surface area contributed by atoms with Crippen molar-refractivity contribution in [3.8, 4) is 0 Å². The topological polar surface area (TPSA) is 227 Å². The summed E-state index contributed by atoms with van der Waals surface area (Å²) >= 11 is 0. The second-order valence-corrected chi connectivity index (χ2v) is 5.22. The number of hydrogen-bond donors (Lipinski definition) is 4. The SMILES string of the molecule is O=[N+]([O-])C1NN2NNN3NC([N+](=O)[O-])C([N+](=O)[O-])C3C2C1[N+](=O)[O-]. The molecule has 0 aromatic carbocycles. The monoisotopic (exact) mass is 350 g/mol. The minimum Gasteiger partial charge on any atom is -0.264 e. The molecule has 0 radical (unpaired) electrons. The number of rotatable bonds is 4. The van der Waals surface area contributed by atoms with Gasteiger partial charge in [-0.2, -0.15) is 21.9 Å². The average Bonchev–Trinajstić information content (AvgIpc) is 3.04. The summed E-state index contributed by atoms with van der Waals surface area (Å²) in [5.74, 6) is 0. The van der Waals surface area contributed by atoms with Gasteiger partial charge in [0.15, 0.2) is 0 Å². The minimum absolute atomic E-state index is 0.850. The summed E-state index contributed by atoms with van der Waals surface area (Å²) in [6.45, 7) is 0. The van der Waals surface area contributed by atoms with E-state index in [-0.39, 0.29) is 0 Å². The lowest BCUT2D eigenvalue weighted by molar-refractivity contribution is -0.624. The predicted molar refractivity (Wildman–Crippen MR) is 66.9 cm³/mol. The van der Waals surface area contributed by atoms with Gasteiger partial charge in [0, 0.05) is 19.7 Å². The smallest absolute Gasteiger partial charge is 0.264 e. The lowest BCUT2D eigenvalue weighted by Crippen LogP contribution is -2.74. The van der Waals surface area contributed by atoms with Crippen LogP contribution in [0.15, 0.2) is 0 Å². The lowest BCUT2D eigenvalue weighted by atomic mass is 9.94. The fraction of sp³-hybridized carbons (Fsp3) is 1.00. The second-order valence-electron chi connectivity index (χ2n) is 5.22. The van der Waals surface area contributed by atoms with Gasteiger partial charge in [0.25, 0.3) is 0 Å². The Morgan fingerprint density at radius 3 is 1.21 bits per heavy atom. The van der Waals surface area contributed by atoms with Crippen molar-refractivity contribution in [2.75, 3.05) is 0 Å². The largest absolute Gasteiger partial charge is 0.347 e. The zero-order chi connectivity index (χ0) is 17.8. The Bertz CT molecular complexity index is 562.